The Balaban J connectivity index is 2.04. The molecule has 1 N–H and O–H groups in total. The van der Waals surface area contributed by atoms with E-state index in [1.54, 1.807) is 10.9 Å². The van der Waals surface area contributed by atoms with Gasteiger partial charge in [-0.1, -0.05) is 11.6 Å². The number of rotatable bonds is 1. The second kappa shape index (κ2) is 3.45. The number of aromatic nitrogens is 2. The van der Waals surface area contributed by atoms with Gasteiger partial charge in [-0.15, -0.1) is 0 Å². The zero-order chi connectivity index (χ0) is 11.3. The topological polar surface area (TPSA) is 41.3 Å². The van der Waals surface area contributed by atoms with Gasteiger partial charge in [0.25, 0.3) is 0 Å². The molecule has 0 aliphatic carbocycles. The van der Waals surface area contributed by atoms with Crippen LogP contribution in [0.3, 0.4) is 0 Å². The average Bonchev–Trinajstić information content (AvgIpc) is 2.80. The first-order valence-corrected chi connectivity index (χ1v) is 6.12. The van der Waals surface area contributed by atoms with Gasteiger partial charge in [-0.25, -0.2) is 0 Å². The van der Waals surface area contributed by atoms with Crippen LogP contribution in [0.2, 0.25) is 5.02 Å². The highest BCUT2D eigenvalue weighted by atomic mass is 35.5. The molecule has 0 saturated carbocycles. The molecule has 5 heteroatoms. The predicted octanol–water partition coefficient (Wildman–Crippen LogP) is 0.987. The Kier molecular flexibility index (Phi) is 2.28. The molecule has 0 amide bonds. The number of fused-ring (bicyclic) bond motifs is 2. The summed E-state index contributed by atoms with van der Waals surface area (Å²) in [7, 11) is 1.85. The summed E-state index contributed by atoms with van der Waals surface area (Å²) in [6.07, 6.45) is 3.44. The van der Waals surface area contributed by atoms with E-state index >= 15 is 0 Å². The van der Waals surface area contributed by atoms with Gasteiger partial charge in [0.2, 0.25) is 0 Å². The van der Waals surface area contributed by atoms with Crippen molar-refractivity contribution in [1.82, 2.24) is 14.7 Å². The first-order valence-electron chi connectivity index (χ1n) is 5.74. The van der Waals surface area contributed by atoms with Crippen molar-refractivity contribution in [3.63, 3.8) is 0 Å². The normalized spacial score (nSPS) is 37.9. The number of piperidine rings is 1. The number of hydrogen-bond acceptors (Lipinski definition) is 3. The van der Waals surface area contributed by atoms with Crippen molar-refractivity contribution in [3.8, 4) is 0 Å². The van der Waals surface area contributed by atoms with Crippen LogP contribution in [0.4, 0.5) is 0 Å². The molecule has 3 rings (SSSR count). The van der Waals surface area contributed by atoms with E-state index in [9.17, 15) is 5.11 Å². The van der Waals surface area contributed by atoms with Crippen LogP contribution >= 0.6 is 11.6 Å². The lowest BCUT2D eigenvalue weighted by atomic mass is 9.79. The standard InChI is InChI=1S/C11H16ClN3O/c1-14-10(9(12)6-13-14)11(16)3-5-15-4-2-8(11)7-15/h6,8,16H,2-5,7H2,1H3. The minimum atomic E-state index is -0.782. The molecule has 2 aliphatic heterocycles. The third kappa shape index (κ3) is 1.33. The number of nitrogens with zero attached hydrogens (tertiary/aromatic N) is 3. The van der Waals surface area contributed by atoms with Crippen molar-refractivity contribution in [1.29, 1.82) is 0 Å². The minimum Gasteiger partial charge on any atom is -0.383 e. The van der Waals surface area contributed by atoms with Gasteiger partial charge < -0.3 is 10.0 Å². The minimum absolute atomic E-state index is 0.300. The smallest absolute Gasteiger partial charge is 0.113 e. The summed E-state index contributed by atoms with van der Waals surface area (Å²) in [4.78, 5) is 2.41. The molecule has 1 aromatic rings. The van der Waals surface area contributed by atoms with Crippen LogP contribution in [0.15, 0.2) is 6.20 Å². The van der Waals surface area contributed by atoms with Crippen LogP contribution in [0, 0.1) is 5.92 Å². The molecule has 0 radical (unpaired) electrons. The summed E-state index contributed by atoms with van der Waals surface area (Å²) < 4.78 is 1.72. The third-order valence-corrected chi connectivity index (χ3v) is 4.34. The van der Waals surface area contributed by atoms with E-state index in [4.69, 9.17) is 11.6 Å². The molecule has 0 aromatic carbocycles. The van der Waals surface area contributed by atoms with Crippen molar-refractivity contribution in [2.24, 2.45) is 13.0 Å². The summed E-state index contributed by atoms with van der Waals surface area (Å²) in [6, 6.07) is 0. The molecule has 2 bridgehead atoms. The summed E-state index contributed by atoms with van der Waals surface area (Å²) in [5, 5.41) is 15.6. The first kappa shape index (κ1) is 10.6. The maximum Gasteiger partial charge on any atom is 0.113 e. The molecule has 16 heavy (non-hydrogen) atoms. The van der Waals surface area contributed by atoms with Crippen molar-refractivity contribution in [3.05, 3.63) is 16.9 Å². The average molecular weight is 242 g/mol. The SMILES string of the molecule is Cn1ncc(Cl)c1C1(O)CCN2CCC1C2. The number of aliphatic hydroxyl groups is 1. The number of halogens is 1. The second-order valence-electron chi connectivity index (χ2n) is 4.93. The van der Waals surface area contributed by atoms with E-state index < -0.39 is 5.60 Å². The molecule has 1 aromatic heterocycles. The van der Waals surface area contributed by atoms with Gasteiger partial charge in [0, 0.05) is 26.1 Å². The van der Waals surface area contributed by atoms with Crippen LogP contribution in [0.1, 0.15) is 18.5 Å². The molecular formula is C11H16ClN3O. The Morgan fingerprint density at radius 3 is 3.06 bits per heavy atom. The van der Waals surface area contributed by atoms with E-state index in [0.717, 1.165) is 38.2 Å². The molecule has 3 heterocycles. The lowest BCUT2D eigenvalue weighted by Crippen LogP contribution is -2.45. The summed E-state index contributed by atoms with van der Waals surface area (Å²) in [6.45, 7) is 3.04. The summed E-state index contributed by atoms with van der Waals surface area (Å²) in [5.74, 6) is 0.300. The van der Waals surface area contributed by atoms with Gasteiger partial charge in [-0.05, 0) is 19.4 Å². The van der Waals surface area contributed by atoms with Crippen LogP contribution in [0.5, 0.6) is 0 Å². The second-order valence-corrected chi connectivity index (χ2v) is 5.33. The maximum atomic E-state index is 10.9. The number of aryl methyl sites for hydroxylation is 1. The first-order chi connectivity index (χ1) is 7.61. The maximum absolute atomic E-state index is 10.9. The molecule has 3 atom stereocenters. The van der Waals surface area contributed by atoms with Crippen LogP contribution in [-0.4, -0.2) is 39.4 Å². The molecule has 2 saturated heterocycles. The van der Waals surface area contributed by atoms with Crippen molar-refractivity contribution >= 4 is 11.6 Å². The van der Waals surface area contributed by atoms with Gasteiger partial charge >= 0.3 is 0 Å². The molecule has 3 unspecified atom stereocenters. The van der Waals surface area contributed by atoms with E-state index in [1.165, 1.54) is 0 Å². The zero-order valence-electron chi connectivity index (χ0n) is 9.36. The number of hydrogen-bond donors (Lipinski definition) is 1. The fraction of sp³-hybridized carbons (Fsp3) is 0.727. The van der Waals surface area contributed by atoms with Gasteiger partial charge in [0.1, 0.15) is 5.60 Å². The molecule has 0 spiro atoms. The van der Waals surface area contributed by atoms with Crippen LogP contribution < -0.4 is 0 Å². The summed E-state index contributed by atoms with van der Waals surface area (Å²) >= 11 is 6.15. The largest absolute Gasteiger partial charge is 0.383 e. The predicted molar refractivity (Wildman–Crippen MR) is 61.3 cm³/mol. The van der Waals surface area contributed by atoms with Crippen molar-refractivity contribution < 1.29 is 5.11 Å². The highest BCUT2D eigenvalue weighted by Crippen LogP contribution is 2.44. The quantitative estimate of drug-likeness (QED) is 0.797. The Labute approximate surface area is 99.8 Å². The Bertz CT molecular complexity index is 400. The fourth-order valence-corrected chi connectivity index (χ4v) is 3.50. The third-order valence-electron chi connectivity index (χ3n) is 4.06. The van der Waals surface area contributed by atoms with Gasteiger partial charge in [0.05, 0.1) is 16.9 Å². The van der Waals surface area contributed by atoms with E-state index in [-0.39, 0.29) is 0 Å². The summed E-state index contributed by atoms with van der Waals surface area (Å²) in [5.41, 5.74) is 0.00992. The van der Waals surface area contributed by atoms with Gasteiger partial charge in [-0.2, -0.15) is 5.10 Å². The van der Waals surface area contributed by atoms with Crippen LogP contribution in [0.25, 0.3) is 0 Å². The van der Waals surface area contributed by atoms with Gasteiger partial charge in [-0.3, -0.25) is 4.68 Å². The Hall–Kier alpha value is -0.580. The van der Waals surface area contributed by atoms with Crippen molar-refractivity contribution in [2.45, 2.75) is 18.4 Å². The zero-order valence-corrected chi connectivity index (χ0v) is 10.1. The molecule has 2 aliphatic rings. The van der Waals surface area contributed by atoms with Crippen molar-refractivity contribution in [2.75, 3.05) is 19.6 Å². The van der Waals surface area contributed by atoms with Crippen LogP contribution in [-0.2, 0) is 12.6 Å². The Morgan fingerprint density at radius 2 is 2.38 bits per heavy atom. The van der Waals surface area contributed by atoms with E-state index in [2.05, 4.69) is 10.00 Å². The highest BCUT2D eigenvalue weighted by Gasteiger charge is 2.48. The fourth-order valence-electron chi connectivity index (χ4n) is 3.17. The van der Waals surface area contributed by atoms with E-state index in [0.29, 0.717) is 10.9 Å². The van der Waals surface area contributed by atoms with E-state index in [1.807, 2.05) is 7.05 Å². The lowest BCUT2D eigenvalue weighted by Gasteiger charge is -2.38. The Morgan fingerprint density at radius 1 is 1.56 bits per heavy atom. The lowest BCUT2D eigenvalue weighted by molar-refractivity contribution is -0.0563. The monoisotopic (exact) mass is 241 g/mol. The molecule has 2 fully saturated rings. The molecule has 88 valence electrons. The highest BCUT2D eigenvalue weighted by molar-refractivity contribution is 6.31. The van der Waals surface area contributed by atoms with Gasteiger partial charge in [0.15, 0.2) is 0 Å². The molecular weight excluding hydrogens is 226 g/mol. The molecule has 4 nitrogen and oxygen atoms in total.